The van der Waals surface area contributed by atoms with E-state index < -0.39 is 0 Å². The van der Waals surface area contributed by atoms with Gasteiger partial charge in [0.25, 0.3) is 0 Å². The fraction of sp³-hybridized carbons (Fsp3) is 0.923. The second-order valence-electron chi connectivity index (χ2n) is 5.51. The molecule has 0 spiro atoms. The Balaban J connectivity index is 0.00000289. The van der Waals surface area contributed by atoms with Gasteiger partial charge in [-0.05, 0) is 39.3 Å². The fourth-order valence-electron chi connectivity index (χ4n) is 2.38. The van der Waals surface area contributed by atoms with E-state index in [1.165, 1.54) is 6.42 Å². The molecule has 0 aromatic carbocycles. The van der Waals surface area contributed by atoms with Crippen molar-refractivity contribution < 1.29 is 9.53 Å². The molecule has 1 rings (SSSR count). The predicted molar refractivity (Wildman–Crippen MR) is 76.2 cm³/mol. The van der Waals surface area contributed by atoms with Crippen LogP contribution in [0, 0.1) is 5.41 Å². The Hall–Kier alpha value is -0.320. The fourth-order valence-corrected chi connectivity index (χ4v) is 2.38. The molecule has 1 N–H and O–H groups in total. The van der Waals surface area contributed by atoms with Crippen LogP contribution >= 0.6 is 12.4 Å². The highest BCUT2D eigenvalue weighted by atomic mass is 35.5. The van der Waals surface area contributed by atoms with Gasteiger partial charge in [0.15, 0.2) is 0 Å². The summed E-state index contributed by atoms with van der Waals surface area (Å²) in [5.41, 5.74) is 0.345. The first kappa shape index (κ1) is 17.7. The van der Waals surface area contributed by atoms with Gasteiger partial charge in [0.2, 0.25) is 0 Å². The maximum Gasteiger partial charge on any atom is 0.307 e. The quantitative estimate of drug-likeness (QED) is 0.751. The Kier molecular flexibility index (Phi) is 7.83. The zero-order valence-corrected chi connectivity index (χ0v) is 12.8. The van der Waals surface area contributed by atoms with Gasteiger partial charge >= 0.3 is 5.97 Å². The van der Waals surface area contributed by atoms with Gasteiger partial charge in [0, 0.05) is 19.1 Å². The molecule has 0 amide bonds. The van der Waals surface area contributed by atoms with Gasteiger partial charge in [-0.3, -0.25) is 4.79 Å². The molecule has 0 saturated carbocycles. The van der Waals surface area contributed by atoms with Crippen LogP contribution in [0.25, 0.3) is 0 Å². The second kappa shape index (κ2) is 7.97. The predicted octanol–water partition coefficient (Wildman–Crippen LogP) is 1.68. The monoisotopic (exact) mass is 278 g/mol. The van der Waals surface area contributed by atoms with Gasteiger partial charge in [-0.2, -0.15) is 0 Å². The van der Waals surface area contributed by atoms with E-state index in [0.717, 1.165) is 19.6 Å². The molecular formula is C13H27ClN2O2. The smallest absolute Gasteiger partial charge is 0.307 e. The molecule has 1 aliphatic rings. The van der Waals surface area contributed by atoms with E-state index in [0.29, 0.717) is 18.4 Å². The number of carbonyl (C=O) groups is 1. The van der Waals surface area contributed by atoms with Crippen molar-refractivity contribution in [3.8, 4) is 0 Å². The third-order valence-electron chi connectivity index (χ3n) is 3.61. The highest BCUT2D eigenvalue weighted by Crippen LogP contribution is 2.26. The van der Waals surface area contributed by atoms with E-state index >= 15 is 0 Å². The van der Waals surface area contributed by atoms with Crippen molar-refractivity contribution in [2.75, 3.05) is 33.3 Å². The largest absolute Gasteiger partial charge is 0.466 e. The van der Waals surface area contributed by atoms with Crippen LogP contribution < -0.4 is 5.32 Å². The van der Waals surface area contributed by atoms with Crippen LogP contribution in [0.5, 0.6) is 0 Å². The van der Waals surface area contributed by atoms with Crippen molar-refractivity contribution in [2.45, 2.75) is 39.7 Å². The summed E-state index contributed by atoms with van der Waals surface area (Å²) in [5.74, 6) is -0.0958. The van der Waals surface area contributed by atoms with Crippen molar-refractivity contribution in [1.82, 2.24) is 10.2 Å². The molecule has 0 aliphatic carbocycles. The molecule has 1 aliphatic heterocycles. The molecule has 4 nitrogen and oxygen atoms in total. The number of carbonyl (C=O) groups excluding carboxylic acids is 1. The van der Waals surface area contributed by atoms with Crippen molar-refractivity contribution in [3.05, 3.63) is 0 Å². The summed E-state index contributed by atoms with van der Waals surface area (Å²) in [7, 11) is 2.09. The molecule has 108 valence electrons. The van der Waals surface area contributed by atoms with Crippen LogP contribution in [-0.2, 0) is 9.53 Å². The Labute approximate surface area is 117 Å². The Morgan fingerprint density at radius 2 is 2.22 bits per heavy atom. The minimum atomic E-state index is -0.0958. The van der Waals surface area contributed by atoms with Gasteiger partial charge in [-0.25, -0.2) is 0 Å². The highest BCUT2D eigenvalue weighted by molar-refractivity contribution is 5.85. The van der Waals surface area contributed by atoms with Gasteiger partial charge < -0.3 is 15.0 Å². The molecular weight excluding hydrogens is 252 g/mol. The molecule has 2 unspecified atom stereocenters. The first-order valence-corrected chi connectivity index (χ1v) is 6.53. The van der Waals surface area contributed by atoms with E-state index in [9.17, 15) is 4.79 Å². The lowest BCUT2D eigenvalue weighted by Crippen LogP contribution is -2.40. The number of halogens is 1. The standard InChI is InChI=1S/C13H26N2O2.ClH/c1-5-17-12(16)8-11(2)15(4)10-13(3)6-7-14-9-13;/h11,14H,5-10H2,1-4H3;1H. The molecule has 0 bridgehead atoms. The van der Waals surface area contributed by atoms with Crippen molar-refractivity contribution in [1.29, 1.82) is 0 Å². The summed E-state index contributed by atoms with van der Waals surface area (Å²) in [6, 6.07) is 0.242. The molecule has 18 heavy (non-hydrogen) atoms. The normalized spacial score (nSPS) is 24.7. The minimum absolute atomic E-state index is 0. The number of nitrogens with one attached hydrogen (secondary N) is 1. The van der Waals surface area contributed by atoms with Crippen molar-refractivity contribution >= 4 is 18.4 Å². The Bertz CT molecular complexity index is 255. The van der Waals surface area contributed by atoms with Crippen LogP contribution in [0.3, 0.4) is 0 Å². The third-order valence-corrected chi connectivity index (χ3v) is 3.61. The maximum atomic E-state index is 11.4. The van der Waals surface area contributed by atoms with Gasteiger partial charge in [-0.15, -0.1) is 12.4 Å². The molecule has 0 aromatic rings. The molecule has 1 heterocycles. The topological polar surface area (TPSA) is 41.6 Å². The number of ether oxygens (including phenoxy) is 1. The van der Waals surface area contributed by atoms with Gasteiger partial charge in [0.1, 0.15) is 0 Å². The number of hydrogen-bond donors (Lipinski definition) is 1. The first-order valence-electron chi connectivity index (χ1n) is 6.53. The first-order chi connectivity index (χ1) is 7.97. The van der Waals surface area contributed by atoms with Crippen LogP contribution in [0.4, 0.5) is 0 Å². The van der Waals surface area contributed by atoms with E-state index in [2.05, 4.69) is 31.1 Å². The van der Waals surface area contributed by atoms with Crippen molar-refractivity contribution in [2.24, 2.45) is 5.41 Å². The van der Waals surface area contributed by atoms with E-state index in [-0.39, 0.29) is 24.4 Å². The van der Waals surface area contributed by atoms with Crippen LogP contribution in [0.1, 0.15) is 33.6 Å². The van der Waals surface area contributed by atoms with E-state index in [4.69, 9.17) is 4.74 Å². The second-order valence-corrected chi connectivity index (χ2v) is 5.51. The SMILES string of the molecule is CCOC(=O)CC(C)N(C)CC1(C)CCNC1.Cl. The third kappa shape index (κ3) is 5.55. The zero-order valence-electron chi connectivity index (χ0n) is 12.0. The summed E-state index contributed by atoms with van der Waals surface area (Å²) in [5, 5.41) is 3.40. The number of hydrogen-bond acceptors (Lipinski definition) is 4. The average Bonchev–Trinajstić information content (AvgIpc) is 2.65. The molecule has 5 heteroatoms. The van der Waals surface area contributed by atoms with Crippen molar-refractivity contribution in [3.63, 3.8) is 0 Å². The number of nitrogens with zero attached hydrogens (tertiary/aromatic N) is 1. The average molecular weight is 279 g/mol. The van der Waals surface area contributed by atoms with E-state index in [1.54, 1.807) is 0 Å². The molecule has 0 aromatic heterocycles. The molecule has 2 atom stereocenters. The maximum absolute atomic E-state index is 11.4. The summed E-state index contributed by atoms with van der Waals surface area (Å²) in [6.07, 6.45) is 1.69. The number of esters is 1. The summed E-state index contributed by atoms with van der Waals surface area (Å²) >= 11 is 0. The highest BCUT2D eigenvalue weighted by Gasteiger charge is 2.31. The van der Waals surface area contributed by atoms with Crippen LogP contribution in [-0.4, -0.2) is 50.2 Å². The summed E-state index contributed by atoms with van der Waals surface area (Å²) in [6.45, 7) is 9.91. The Morgan fingerprint density at radius 3 is 2.72 bits per heavy atom. The number of rotatable bonds is 6. The van der Waals surface area contributed by atoms with Gasteiger partial charge in [0.05, 0.1) is 13.0 Å². The zero-order chi connectivity index (χ0) is 12.9. The lowest BCUT2D eigenvalue weighted by Gasteiger charge is -2.32. The lowest BCUT2D eigenvalue weighted by molar-refractivity contribution is -0.144. The van der Waals surface area contributed by atoms with E-state index in [1.807, 2.05) is 6.92 Å². The summed E-state index contributed by atoms with van der Waals surface area (Å²) in [4.78, 5) is 13.7. The molecule has 1 fully saturated rings. The van der Waals surface area contributed by atoms with Crippen LogP contribution in [0.15, 0.2) is 0 Å². The van der Waals surface area contributed by atoms with Crippen LogP contribution in [0.2, 0.25) is 0 Å². The molecule has 0 radical (unpaired) electrons. The Morgan fingerprint density at radius 1 is 1.56 bits per heavy atom. The lowest BCUT2D eigenvalue weighted by atomic mass is 9.89. The summed E-state index contributed by atoms with van der Waals surface area (Å²) < 4.78 is 4.98. The minimum Gasteiger partial charge on any atom is -0.466 e. The molecule has 1 saturated heterocycles. The van der Waals surface area contributed by atoms with Gasteiger partial charge in [-0.1, -0.05) is 6.92 Å².